The molecule has 0 radical (unpaired) electrons. The van der Waals surface area contributed by atoms with Gasteiger partial charge < -0.3 is 18.9 Å². The van der Waals surface area contributed by atoms with Crippen molar-refractivity contribution in [2.24, 2.45) is 0 Å². The second-order valence-electron chi connectivity index (χ2n) is 8.65. The fourth-order valence-electron chi connectivity index (χ4n) is 4.82. The lowest BCUT2D eigenvalue weighted by Gasteiger charge is -2.41. The van der Waals surface area contributed by atoms with Crippen LogP contribution in [0.5, 0.6) is 17.2 Å². The van der Waals surface area contributed by atoms with Crippen molar-refractivity contribution in [2.75, 3.05) is 53.6 Å². The van der Waals surface area contributed by atoms with Crippen LogP contribution in [0.15, 0.2) is 12.1 Å². The van der Waals surface area contributed by atoms with E-state index in [2.05, 4.69) is 15.9 Å². The van der Waals surface area contributed by atoms with Crippen LogP contribution in [0.3, 0.4) is 0 Å². The standard InChI is InChI=1S/C25H40N2O5.2ClH/c1-4-31-23(28)11-8-18-32-24-20(12-13-22(29-2)25(24)30-3)19-26-14-16-27(17-15-26)21-9-6-5-7-10-21;;/h12-13,21H,4-11,14-19H2,1-3H3;2*1H. The molecule has 1 saturated heterocycles. The van der Waals surface area contributed by atoms with Crippen LogP contribution < -0.4 is 14.2 Å². The van der Waals surface area contributed by atoms with Gasteiger partial charge in [-0.05, 0) is 32.3 Å². The van der Waals surface area contributed by atoms with Gasteiger partial charge in [-0.3, -0.25) is 14.6 Å². The molecule has 0 spiro atoms. The fraction of sp³-hybridized carbons (Fsp3) is 0.720. The van der Waals surface area contributed by atoms with Crippen molar-refractivity contribution >= 4 is 30.8 Å². The van der Waals surface area contributed by atoms with Crippen LogP contribution in [-0.4, -0.2) is 75.4 Å². The van der Waals surface area contributed by atoms with Crippen LogP contribution in [0.4, 0.5) is 0 Å². The number of methoxy groups -OCH3 is 2. The van der Waals surface area contributed by atoms with Gasteiger partial charge in [0.05, 0.1) is 27.4 Å². The molecule has 1 aromatic rings. The summed E-state index contributed by atoms with van der Waals surface area (Å²) >= 11 is 0. The highest BCUT2D eigenvalue weighted by Gasteiger charge is 2.26. The van der Waals surface area contributed by atoms with Gasteiger partial charge >= 0.3 is 5.97 Å². The molecule has 1 saturated carbocycles. The van der Waals surface area contributed by atoms with E-state index in [0.717, 1.165) is 44.3 Å². The van der Waals surface area contributed by atoms with Crippen LogP contribution in [0.2, 0.25) is 0 Å². The van der Waals surface area contributed by atoms with E-state index in [9.17, 15) is 4.79 Å². The minimum atomic E-state index is -0.190. The third-order valence-electron chi connectivity index (χ3n) is 6.55. The molecule has 0 aromatic heterocycles. The minimum Gasteiger partial charge on any atom is -0.493 e. The van der Waals surface area contributed by atoms with Gasteiger partial charge in [0.1, 0.15) is 0 Å². The highest BCUT2D eigenvalue weighted by atomic mass is 35.5. The molecule has 0 bridgehead atoms. The maximum absolute atomic E-state index is 11.6. The molecule has 1 heterocycles. The Kier molecular flexibility index (Phi) is 14.7. The Bertz CT molecular complexity index is 724. The largest absolute Gasteiger partial charge is 0.493 e. The predicted octanol–water partition coefficient (Wildman–Crippen LogP) is 4.72. The zero-order valence-electron chi connectivity index (χ0n) is 20.9. The molecule has 196 valence electrons. The maximum atomic E-state index is 11.6. The maximum Gasteiger partial charge on any atom is 0.305 e. The van der Waals surface area contributed by atoms with Gasteiger partial charge in [-0.2, -0.15) is 0 Å². The van der Waals surface area contributed by atoms with Gasteiger partial charge in [-0.15, -0.1) is 24.8 Å². The number of halogens is 2. The summed E-state index contributed by atoms with van der Waals surface area (Å²) in [5, 5.41) is 0. The number of ether oxygens (including phenoxy) is 4. The first kappa shape index (κ1) is 30.6. The molecule has 1 aromatic carbocycles. The van der Waals surface area contributed by atoms with E-state index in [1.54, 1.807) is 14.2 Å². The van der Waals surface area contributed by atoms with E-state index in [1.807, 2.05) is 13.0 Å². The van der Waals surface area contributed by atoms with Crippen molar-refractivity contribution < 1.29 is 23.7 Å². The summed E-state index contributed by atoms with van der Waals surface area (Å²) in [4.78, 5) is 16.8. The summed E-state index contributed by atoms with van der Waals surface area (Å²) < 4.78 is 22.3. The first-order chi connectivity index (χ1) is 15.7. The summed E-state index contributed by atoms with van der Waals surface area (Å²) in [6.07, 6.45) is 7.83. The minimum absolute atomic E-state index is 0. The second kappa shape index (κ2) is 16.3. The third-order valence-corrected chi connectivity index (χ3v) is 6.55. The van der Waals surface area contributed by atoms with Crippen LogP contribution >= 0.6 is 24.8 Å². The van der Waals surface area contributed by atoms with Crippen molar-refractivity contribution in [1.29, 1.82) is 0 Å². The van der Waals surface area contributed by atoms with E-state index < -0.39 is 0 Å². The molecule has 7 nitrogen and oxygen atoms in total. The monoisotopic (exact) mass is 520 g/mol. The lowest BCUT2D eigenvalue weighted by Crippen LogP contribution is -2.50. The molecule has 2 fully saturated rings. The van der Waals surface area contributed by atoms with E-state index in [0.29, 0.717) is 43.3 Å². The number of hydrogen-bond acceptors (Lipinski definition) is 7. The average molecular weight is 522 g/mol. The van der Waals surface area contributed by atoms with Gasteiger partial charge in [-0.25, -0.2) is 0 Å². The highest BCUT2D eigenvalue weighted by Crippen LogP contribution is 2.40. The van der Waals surface area contributed by atoms with Crippen LogP contribution in [-0.2, 0) is 16.1 Å². The van der Waals surface area contributed by atoms with E-state index in [1.165, 1.54) is 32.1 Å². The topological polar surface area (TPSA) is 60.5 Å². The van der Waals surface area contributed by atoms with Crippen molar-refractivity contribution in [3.63, 3.8) is 0 Å². The normalized spacial score (nSPS) is 17.3. The van der Waals surface area contributed by atoms with Crippen molar-refractivity contribution in [3.05, 3.63) is 17.7 Å². The number of benzene rings is 1. The molecule has 0 atom stereocenters. The molecule has 34 heavy (non-hydrogen) atoms. The molecule has 9 heteroatoms. The van der Waals surface area contributed by atoms with E-state index >= 15 is 0 Å². The second-order valence-corrected chi connectivity index (χ2v) is 8.65. The number of rotatable bonds is 11. The molecule has 0 unspecified atom stereocenters. The Morgan fingerprint density at radius 1 is 0.971 bits per heavy atom. The fourth-order valence-corrected chi connectivity index (χ4v) is 4.82. The number of carbonyl (C=O) groups is 1. The lowest BCUT2D eigenvalue weighted by molar-refractivity contribution is -0.143. The molecule has 0 amide bonds. The Morgan fingerprint density at radius 2 is 1.68 bits per heavy atom. The number of piperazine rings is 1. The van der Waals surface area contributed by atoms with E-state index in [4.69, 9.17) is 18.9 Å². The number of esters is 1. The first-order valence-electron chi connectivity index (χ1n) is 12.1. The smallest absolute Gasteiger partial charge is 0.305 e. The molecule has 1 aliphatic heterocycles. The van der Waals surface area contributed by atoms with E-state index in [-0.39, 0.29) is 30.8 Å². The molecular formula is C25H42Cl2N2O5. The SMILES string of the molecule is CCOC(=O)CCCOc1c(CN2CCN(C3CCCCC3)CC2)ccc(OC)c1OC.Cl.Cl. The summed E-state index contributed by atoms with van der Waals surface area (Å²) in [5.41, 5.74) is 1.09. The number of hydrogen-bond donors (Lipinski definition) is 0. The van der Waals surface area contributed by atoms with Crippen LogP contribution in [0, 0.1) is 0 Å². The van der Waals surface area contributed by atoms with Crippen molar-refractivity contribution in [3.8, 4) is 17.2 Å². The van der Waals surface area contributed by atoms with Crippen LogP contribution in [0.1, 0.15) is 57.4 Å². The average Bonchev–Trinajstić information content (AvgIpc) is 2.83. The first-order valence-corrected chi connectivity index (χ1v) is 12.1. The number of carbonyl (C=O) groups excluding carboxylic acids is 1. The molecular weight excluding hydrogens is 479 g/mol. The Morgan fingerprint density at radius 3 is 2.29 bits per heavy atom. The zero-order valence-corrected chi connectivity index (χ0v) is 22.5. The summed E-state index contributed by atoms with van der Waals surface area (Å²) in [6, 6.07) is 4.79. The van der Waals surface area contributed by atoms with Gasteiger partial charge in [-0.1, -0.05) is 25.3 Å². The molecule has 3 rings (SSSR count). The van der Waals surface area contributed by atoms with Gasteiger partial charge in [0, 0.05) is 50.7 Å². The molecule has 1 aliphatic carbocycles. The van der Waals surface area contributed by atoms with Gasteiger partial charge in [0.2, 0.25) is 5.75 Å². The number of nitrogens with zero attached hydrogens (tertiary/aromatic N) is 2. The Hall–Kier alpha value is -1.41. The zero-order chi connectivity index (χ0) is 22.8. The van der Waals surface area contributed by atoms with Crippen molar-refractivity contribution in [2.45, 2.75) is 64.5 Å². The lowest BCUT2D eigenvalue weighted by atomic mass is 9.94. The van der Waals surface area contributed by atoms with Crippen molar-refractivity contribution in [1.82, 2.24) is 9.80 Å². The third kappa shape index (κ3) is 8.67. The van der Waals surface area contributed by atoms with Gasteiger partial charge in [0.25, 0.3) is 0 Å². The summed E-state index contributed by atoms with van der Waals surface area (Å²) in [6.45, 7) is 7.84. The van der Waals surface area contributed by atoms with Gasteiger partial charge in [0.15, 0.2) is 11.5 Å². The summed E-state index contributed by atoms with van der Waals surface area (Å²) in [7, 11) is 3.27. The highest BCUT2D eigenvalue weighted by molar-refractivity contribution is 5.85. The summed E-state index contributed by atoms with van der Waals surface area (Å²) in [5.74, 6) is 1.79. The predicted molar refractivity (Wildman–Crippen MR) is 139 cm³/mol. The quantitative estimate of drug-likeness (QED) is 0.309. The Labute approximate surface area is 217 Å². The molecule has 0 N–H and O–H groups in total. The Balaban J connectivity index is 0.00000289. The van der Waals surface area contributed by atoms with Crippen LogP contribution in [0.25, 0.3) is 0 Å². The molecule has 2 aliphatic rings.